The summed E-state index contributed by atoms with van der Waals surface area (Å²) < 4.78 is 11.4. The number of methoxy groups -OCH3 is 1. The first-order valence-electron chi connectivity index (χ1n) is 12.4. The van der Waals surface area contributed by atoms with E-state index in [-0.39, 0.29) is 0 Å². The first-order valence-corrected chi connectivity index (χ1v) is 13.2. The molecule has 0 amide bonds. The fraction of sp³-hybridized carbons (Fsp3) is 0.241. The highest BCUT2D eigenvalue weighted by molar-refractivity contribution is 6.31. The van der Waals surface area contributed by atoms with E-state index in [2.05, 4.69) is 25.4 Å². The van der Waals surface area contributed by atoms with E-state index in [4.69, 9.17) is 37.7 Å². The monoisotopic (exact) mass is 564 g/mol. The number of nitrogens with zero attached hydrogens (tertiary/aromatic N) is 4. The van der Waals surface area contributed by atoms with Crippen LogP contribution in [0.25, 0.3) is 32.7 Å². The number of ether oxygens (including phenoxy) is 2. The number of nitrogens with one attached hydrogen (secondary N) is 2. The second-order valence-corrected chi connectivity index (χ2v) is 10.3. The molecule has 8 nitrogen and oxygen atoms in total. The van der Waals surface area contributed by atoms with Crippen LogP contribution in [-0.2, 0) is 4.74 Å². The predicted molar refractivity (Wildman–Crippen MR) is 161 cm³/mol. The topological polar surface area (TPSA) is 74.8 Å². The molecular formula is C29H30Cl2N6O2. The van der Waals surface area contributed by atoms with Crippen molar-refractivity contribution < 1.29 is 9.47 Å². The molecule has 39 heavy (non-hydrogen) atoms. The quantitative estimate of drug-likeness (QED) is 0.139. The van der Waals surface area contributed by atoms with Gasteiger partial charge in [0.1, 0.15) is 19.2 Å². The Kier molecular flexibility index (Phi) is 8.50. The van der Waals surface area contributed by atoms with Gasteiger partial charge in [-0.2, -0.15) is 0 Å². The van der Waals surface area contributed by atoms with Crippen LogP contribution in [0.15, 0.2) is 66.9 Å². The van der Waals surface area contributed by atoms with E-state index >= 15 is 0 Å². The van der Waals surface area contributed by atoms with E-state index in [0.717, 1.165) is 49.8 Å². The Morgan fingerprint density at radius 2 is 1.44 bits per heavy atom. The summed E-state index contributed by atoms with van der Waals surface area (Å²) >= 11 is 12.3. The molecule has 0 atom stereocenters. The van der Waals surface area contributed by atoms with Gasteiger partial charge in [0, 0.05) is 38.1 Å². The van der Waals surface area contributed by atoms with Gasteiger partial charge in [0.15, 0.2) is 0 Å². The standard InChI is InChI=1S/C29H30Cl2N6O2/c1-36(15-33-25-10-11-32-27-12-19(30)4-7-22(25)27)17-39-18-37(2)16-34-29-23-8-5-20(31)13-28(23)35-26-9-6-21(38-3)14-24(26)29/h4-14H,15-18H2,1-3H3,(H,32,33)(H,34,35). The summed E-state index contributed by atoms with van der Waals surface area (Å²) in [5.74, 6) is 0.776. The average molecular weight is 566 g/mol. The fourth-order valence-corrected chi connectivity index (χ4v) is 4.70. The van der Waals surface area contributed by atoms with Crippen molar-refractivity contribution in [2.24, 2.45) is 0 Å². The van der Waals surface area contributed by atoms with E-state index in [1.165, 1.54) is 0 Å². The lowest BCUT2D eigenvalue weighted by Gasteiger charge is -2.23. The fourth-order valence-electron chi connectivity index (χ4n) is 4.37. The summed E-state index contributed by atoms with van der Waals surface area (Å²) in [6, 6.07) is 19.3. The summed E-state index contributed by atoms with van der Waals surface area (Å²) in [5.41, 5.74) is 4.54. The third kappa shape index (κ3) is 6.43. The molecule has 2 aromatic heterocycles. The Morgan fingerprint density at radius 3 is 2.18 bits per heavy atom. The van der Waals surface area contributed by atoms with Crippen LogP contribution in [0.5, 0.6) is 5.75 Å². The van der Waals surface area contributed by atoms with Crippen molar-refractivity contribution in [2.75, 3.05) is 58.6 Å². The van der Waals surface area contributed by atoms with Crippen molar-refractivity contribution in [3.05, 3.63) is 76.9 Å². The molecule has 5 rings (SSSR count). The third-order valence-corrected chi connectivity index (χ3v) is 6.81. The lowest BCUT2D eigenvalue weighted by Crippen LogP contribution is -2.33. The molecular weight excluding hydrogens is 535 g/mol. The number of pyridine rings is 2. The Bertz CT molecular complexity index is 1620. The van der Waals surface area contributed by atoms with Gasteiger partial charge in [0.25, 0.3) is 0 Å². The minimum Gasteiger partial charge on any atom is -0.497 e. The van der Waals surface area contributed by atoms with E-state index in [1.54, 1.807) is 13.3 Å². The molecule has 0 saturated heterocycles. The number of fused-ring (bicyclic) bond motifs is 3. The summed E-state index contributed by atoms with van der Waals surface area (Å²) in [7, 11) is 5.66. The van der Waals surface area contributed by atoms with Gasteiger partial charge in [-0.3, -0.25) is 14.8 Å². The zero-order valence-electron chi connectivity index (χ0n) is 22.0. The number of rotatable bonds is 11. The zero-order chi connectivity index (χ0) is 27.4. The van der Waals surface area contributed by atoms with Crippen LogP contribution in [0.3, 0.4) is 0 Å². The molecule has 0 fully saturated rings. The Balaban J connectivity index is 1.17. The molecule has 2 N–H and O–H groups in total. The van der Waals surface area contributed by atoms with Gasteiger partial charge in [0.2, 0.25) is 0 Å². The largest absolute Gasteiger partial charge is 0.497 e. The van der Waals surface area contributed by atoms with Crippen LogP contribution >= 0.6 is 23.2 Å². The molecule has 0 aliphatic rings. The maximum Gasteiger partial charge on any atom is 0.119 e. The number of anilines is 2. The summed E-state index contributed by atoms with van der Waals surface area (Å²) in [4.78, 5) is 13.3. The van der Waals surface area contributed by atoms with E-state index in [9.17, 15) is 0 Å². The molecule has 0 aliphatic heterocycles. The van der Waals surface area contributed by atoms with Crippen molar-refractivity contribution in [2.45, 2.75) is 0 Å². The van der Waals surface area contributed by atoms with Crippen molar-refractivity contribution in [1.82, 2.24) is 19.8 Å². The normalized spacial score (nSPS) is 11.7. The molecule has 0 radical (unpaired) electrons. The van der Waals surface area contributed by atoms with Gasteiger partial charge < -0.3 is 20.1 Å². The molecule has 3 aromatic carbocycles. The lowest BCUT2D eigenvalue weighted by molar-refractivity contribution is -0.00862. The SMILES string of the molecule is COc1ccc2nc3cc(Cl)ccc3c(NCN(C)COCN(C)CNc3ccnc4cc(Cl)ccc34)c2c1. The molecule has 10 heteroatoms. The van der Waals surface area contributed by atoms with E-state index in [1.807, 2.05) is 74.8 Å². The molecule has 0 aliphatic carbocycles. The van der Waals surface area contributed by atoms with Gasteiger partial charge in [-0.05, 0) is 74.8 Å². The molecule has 0 unspecified atom stereocenters. The summed E-state index contributed by atoms with van der Waals surface area (Å²) in [6.07, 6.45) is 1.78. The maximum absolute atomic E-state index is 6.25. The average Bonchev–Trinajstić information content (AvgIpc) is 2.93. The number of halogens is 2. The lowest BCUT2D eigenvalue weighted by atomic mass is 10.1. The number of hydrogen-bond donors (Lipinski definition) is 2. The van der Waals surface area contributed by atoms with Gasteiger partial charge >= 0.3 is 0 Å². The number of aromatic nitrogens is 2. The minimum absolute atomic E-state index is 0.449. The first-order chi connectivity index (χ1) is 18.9. The third-order valence-electron chi connectivity index (χ3n) is 6.34. The molecule has 2 heterocycles. The van der Waals surface area contributed by atoms with Crippen molar-refractivity contribution in [1.29, 1.82) is 0 Å². The van der Waals surface area contributed by atoms with Gasteiger partial charge in [-0.25, -0.2) is 4.98 Å². The Morgan fingerprint density at radius 1 is 0.744 bits per heavy atom. The highest BCUT2D eigenvalue weighted by Gasteiger charge is 2.12. The van der Waals surface area contributed by atoms with Crippen molar-refractivity contribution in [3.63, 3.8) is 0 Å². The zero-order valence-corrected chi connectivity index (χ0v) is 23.6. The second kappa shape index (κ2) is 12.2. The van der Waals surface area contributed by atoms with Crippen molar-refractivity contribution in [3.8, 4) is 5.75 Å². The summed E-state index contributed by atoms with van der Waals surface area (Å²) in [5, 5.41) is 11.3. The molecule has 5 aromatic rings. The Labute approximate surface area is 237 Å². The first kappa shape index (κ1) is 27.2. The molecule has 0 saturated carbocycles. The van der Waals surface area contributed by atoms with Crippen LogP contribution in [0.4, 0.5) is 11.4 Å². The maximum atomic E-state index is 6.25. The van der Waals surface area contributed by atoms with Gasteiger partial charge in [-0.1, -0.05) is 23.2 Å². The highest BCUT2D eigenvalue weighted by Crippen LogP contribution is 2.34. The predicted octanol–water partition coefficient (Wildman–Crippen LogP) is 6.49. The number of benzene rings is 3. The minimum atomic E-state index is 0.449. The van der Waals surface area contributed by atoms with Crippen LogP contribution in [0, 0.1) is 0 Å². The van der Waals surface area contributed by atoms with Crippen LogP contribution in [0.2, 0.25) is 10.0 Å². The van der Waals surface area contributed by atoms with E-state index in [0.29, 0.717) is 36.8 Å². The second-order valence-electron chi connectivity index (χ2n) is 9.40. The molecule has 0 bridgehead atoms. The van der Waals surface area contributed by atoms with Crippen molar-refractivity contribution >= 4 is 67.3 Å². The van der Waals surface area contributed by atoms with Gasteiger partial charge in [0.05, 0.1) is 42.7 Å². The molecule has 0 spiro atoms. The number of hydrogen-bond acceptors (Lipinski definition) is 8. The van der Waals surface area contributed by atoms with E-state index < -0.39 is 0 Å². The van der Waals surface area contributed by atoms with Crippen LogP contribution in [0.1, 0.15) is 0 Å². The summed E-state index contributed by atoms with van der Waals surface area (Å²) in [6.45, 7) is 2.10. The van der Waals surface area contributed by atoms with Crippen LogP contribution in [-0.4, -0.2) is 67.8 Å². The molecule has 202 valence electrons. The van der Waals surface area contributed by atoms with Gasteiger partial charge in [-0.15, -0.1) is 0 Å². The Hall–Kier alpha value is -3.40. The smallest absolute Gasteiger partial charge is 0.119 e. The highest BCUT2D eigenvalue weighted by atomic mass is 35.5. The van der Waals surface area contributed by atoms with Crippen LogP contribution < -0.4 is 15.4 Å².